The van der Waals surface area contributed by atoms with Gasteiger partial charge in [0.25, 0.3) is 0 Å². The molecule has 0 spiro atoms. The van der Waals surface area contributed by atoms with E-state index < -0.39 is 4.92 Å². The van der Waals surface area contributed by atoms with Crippen molar-refractivity contribution in [2.45, 2.75) is 6.92 Å². The Morgan fingerprint density at radius 2 is 1.87 bits per heavy atom. The predicted octanol–water partition coefficient (Wildman–Crippen LogP) is 3.51. The van der Waals surface area contributed by atoms with Crippen LogP contribution in [-0.4, -0.2) is 14.9 Å². The van der Waals surface area contributed by atoms with Crippen molar-refractivity contribution < 1.29 is 9.66 Å². The topological polar surface area (TPSA) is 102 Å². The molecule has 3 rings (SSSR count). The first-order valence-electron chi connectivity index (χ1n) is 6.68. The maximum absolute atomic E-state index is 11.2. The molecule has 0 amide bonds. The number of hydrogen-bond donors (Lipinski definition) is 0. The maximum Gasteiger partial charge on any atom is 0.312 e. The molecule has 112 valence electrons. The Bertz CT molecular complexity index is 963. The molecule has 3 aromatic rings. The molecule has 0 saturated carbocycles. The molecule has 0 aliphatic rings. The van der Waals surface area contributed by atoms with Gasteiger partial charge in [0.1, 0.15) is 5.69 Å². The van der Waals surface area contributed by atoms with Crippen LogP contribution in [0, 0.1) is 28.4 Å². The van der Waals surface area contributed by atoms with Crippen LogP contribution in [0.15, 0.2) is 42.5 Å². The number of nitro groups is 1. The van der Waals surface area contributed by atoms with E-state index in [2.05, 4.69) is 9.97 Å². The molecule has 0 N–H and O–H groups in total. The largest absolute Gasteiger partial charge is 0.430 e. The maximum atomic E-state index is 11.2. The molecule has 0 unspecified atom stereocenters. The van der Waals surface area contributed by atoms with Gasteiger partial charge in [-0.15, -0.1) is 0 Å². The van der Waals surface area contributed by atoms with Gasteiger partial charge in [-0.1, -0.05) is 12.1 Å². The smallest absolute Gasteiger partial charge is 0.312 e. The van der Waals surface area contributed by atoms with Crippen molar-refractivity contribution in [2.24, 2.45) is 0 Å². The number of nitro benzene ring substituents is 1. The SMILES string of the molecule is Cc1nc2ccccc2nc1Oc1ccc(C#N)cc1[N+](=O)[O-]. The minimum absolute atomic E-state index is 0.0154. The zero-order valence-corrected chi connectivity index (χ0v) is 12.1. The lowest BCUT2D eigenvalue weighted by molar-refractivity contribution is -0.385. The minimum Gasteiger partial charge on any atom is -0.430 e. The number of fused-ring (bicyclic) bond motifs is 1. The number of para-hydroxylation sites is 2. The molecular formula is C16H10N4O3. The Morgan fingerprint density at radius 3 is 2.52 bits per heavy atom. The lowest BCUT2D eigenvalue weighted by Crippen LogP contribution is -1.99. The highest BCUT2D eigenvalue weighted by atomic mass is 16.6. The Labute approximate surface area is 130 Å². The van der Waals surface area contributed by atoms with Crippen molar-refractivity contribution in [3.8, 4) is 17.7 Å². The summed E-state index contributed by atoms with van der Waals surface area (Å²) in [6.45, 7) is 1.71. The molecular weight excluding hydrogens is 296 g/mol. The molecule has 7 nitrogen and oxygen atoms in total. The predicted molar refractivity (Wildman–Crippen MR) is 82.2 cm³/mol. The van der Waals surface area contributed by atoms with Crippen molar-refractivity contribution in [1.82, 2.24) is 9.97 Å². The molecule has 0 bridgehead atoms. The van der Waals surface area contributed by atoms with Crippen molar-refractivity contribution in [1.29, 1.82) is 5.26 Å². The van der Waals surface area contributed by atoms with E-state index in [9.17, 15) is 10.1 Å². The highest BCUT2D eigenvalue weighted by Gasteiger charge is 2.18. The van der Waals surface area contributed by atoms with Crippen LogP contribution in [0.4, 0.5) is 5.69 Å². The molecule has 23 heavy (non-hydrogen) atoms. The van der Waals surface area contributed by atoms with Crippen LogP contribution in [0.3, 0.4) is 0 Å². The van der Waals surface area contributed by atoms with E-state index in [0.29, 0.717) is 16.7 Å². The summed E-state index contributed by atoms with van der Waals surface area (Å²) in [4.78, 5) is 19.3. The zero-order chi connectivity index (χ0) is 16.4. The third kappa shape index (κ3) is 2.78. The van der Waals surface area contributed by atoms with Gasteiger partial charge in [0, 0.05) is 6.07 Å². The van der Waals surface area contributed by atoms with Crippen molar-refractivity contribution >= 4 is 16.7 Å². The molecule has 2 aromatic carbocycles. The number of hydrogen-bond acceptors (Lipinski definition) is 6. The summed E-state index contributed by atoms with van der Waals surface area (Å²) < 4.78 is 5.58. The summed E-state index contributed by atoms with van der Waals surface area (Å²) >= 11 is 0. The van der Waals surface area contributed by atoms with Crippen molar-refractivity contribution in [2.75, 3.05) is 0 Å². The number of rotatable bonds is 3. The Kier molecular flexibility index (Phi) is 3.57. The fourth-order valence-corrected chi connectivity index (χ4v) is 2.09. The van der Waals surface area contributed by atoms with Gasteiger partial charge in [-0.05, 0) is 31.2 Å². The molecule has 0 atom stereocenters. The monoisotopic (exact) mass is 306 g/mol. The van der Waals surface area contributed by atoms with Gasteiger partial charge >= 0.3 is 5.69 Å². The van der Waals surface area contributed by atoms with Gasteiger partial charge in [0.2, 0.25) is 11.6 Å². The minimum atomic E-state index is -0.597. The number of ether oxygens (including phenoxy) is 1. The third-order valence-electron chi connectivity index (χ3n) is 3.19. The number of benzene rings is 2. The van der Waals surface area contributed by atoms with Crippen LogP contribution in [0.2, 0.25) is 0 Å². The van der Waals surface area contributed by atoms with Gasteiger partial charge in [-0.3, -0.25) is 10.1 Å². The van der Waals surface area contributed by atoms with Crippen LogP contribution in [0.1, 0.15) is 11.3 Å². The Balaban J connectivity index is 2.07. The molecule has 0 fully saturated rings. The molecule has 0 aliphatic heterocycles. The van der Waals surface area contributed by atoms with E-state index in [1.54, 1.807) is 13.0 Å². The first-order chi connectivity index (χ1) is 11.1. The summed E-state index contributed by atoms with van der Waals surface area (Å²) in [7, 11) is 0. The van der Waals surface area contributed by atoms with Crippen LogP contribution in [-0.2, 0) is 0 Å². The number of nitrogens with zero attached hydrogens (tertiary/aromatic N) is 4. The standard InChI is InChI=1S/C16H10N4O3/c1-10-16(19-13-5-3-2-4-12(13)18-10)23-15-7-6-11(9-17)8-14(15)20(21)22/h2-8H,1H3. The van der Waals surface area contributed by atoms with E-state index in [4.69, 9.17) is 10.00 Å². The molecule has 0 saturated heterocycles. The van der Waals surface area contributed by atoms with E-state index in [1.165, 1.54) is 18.2 Å². The average molecular weight is 306 g/mol. The zero-order valence-electron chi connectivity index (χ0n) is 12.1. The summed E-state index contributed by atoms with van der Waals surface area (Å²) in [6, 6.07) is 13.1. The number of aromatic nitrogens is 2. The second kappa shape index (κ2) is 5.69. The van der Waals surface area contributed by atoms with Crippen molar-refractivity contribution in [3.63, 3.8) is 0 Å². The number of aryl methyl sites for hydroxylation is 1. The summed E-state index contributed by atoms with van der Waals surface area (Å²) in [6.07, 6.45) is 0. The van der Waals surface area contributed by atoms with Gasteiger partial charge in [-0.25, -0.2) is 9.97 Å². The van der Waals surface area contributed by atoms with E-state index in [1.807, 2.05) is 24.3 Å². The Morgan fingerprint density at radius 1 is 1.17 bits per heavy atom. The quantitative estimate of drug-likeness (QED) is 0.542. The van der Waals surface area contributed by atoms with Gasteiger partial charge in [0.15, 0.2) is 0 Å². The van der Waals surface area contributed by atoms with Crippen LogP contribution < -0.4 is 4.74 Å². The fourth-order valence-electron chi connectivity index (χ4n) is 2.09. The lowest BCUT2D eigenvalue weighted by Gasteiger charge is -2.08. The second-order valence-corrected chi connectivity index (χ2v) is 4.76. The van der Waals surface area contributed by atoms with Crippen LogP contribution >= 0.6 is 0 Å². The van der Waals surface area contributed by atoms with Gasteiger partial charge < -0.3 is 4.74 Å². The molecule has 1 heterocycles. The van der Waals surface area contributed by atoms with Gasteiger partial charge in [-0.2, -0.15) is 5.26 Å². The van der Waals surface area contributed by atoms with E-state index >= 15 is 0 Å². The fraction of sp³-hybridized carbons (Fsp3) is 0.0625. The number of nitriles is 1. The van der Waals surface area contributed by atoms with Gasteiger partial charge in [0.05, 0.1) is 27.6 Å². The second-order valence-electron chi connectivity index (χ2n) is 4.76. The Hall–Kier alpha value is -3.53. The first-order valence-corrected chi connectivity index (χ1v) is 6.68. The summed E-state index contributed by atoms with van der Waals surface area (Å²) in [5, 5.41) is 20.0. The normalized spacial score (nSPS) is 10.3. The highest BCUT2D eigenvalue weighted by Crippen LogP contribution is 2.32. The molecule has 0 aliphatic carbocycles. The molecule has 0 radical (unpaired) electrons. The van der Waals surface area contributed by atoms with Crippen LogP contribution in [0.5, 0.6) is 11.6 Å². The molecule has 1 aromatic heterocycles. The van der Waals surface area contributed by atoms with Crippen molar-refractivity contribution in [3.05, 3.63) is 63.8 Å². The van der Waals surface area contributed by atoms with Crippen LogP contribution in [0.25, 0.3) is 11.0 Å². The molecule has 7 heteroatoms. The average Bonchev–Trinajstić information content (AvgIpc) is 2.55. The summed E-state index contributed by atoms with van der Waals surface area (Å²) in [5.74, 6) is 0.207. The summed E-state index contributed by atoms with van der Waals surface area (Å²) in [5.41, 5.74) is 1.75. The van der Waals surface area contributed by atoms with E-state index in [-0.39, 0.29) is 22.9 Å². The lowest BCUT2D eigenvalue weighted by atomic mass is 10.2. The highest BCUT2D eigenvalue weighted by molar-refractivity contribution is 5.74. The third-order valence-corrected chi connectivity index (χ3v) is 3.19. The van der Waals surface area contributed by atoms with E-state index in [0.717, 1.165) is 0 Å². The first kappa shape index (κ1) is 14.4.